The molecule has 2 rings (SSSR count). The summed E-state index contributed by atoms with van der Waals surface area (Å²) >= 11 is 5.16. The van der Waals surface area contributed by atoms with Crippen molar-refractivity contribution in [2.45, 2.75) is 19.1 Å². The first-order valence-corrected chi connectivity index (χ1v) is 6.96. The summed E-state index contributed by atoms with van der Waals surface area (Å²) in [4.78, 5) is 1.22. The number of nitrogens with one attached hydrogen (secondary N) is 1. The minimum Gasteiger partial charge on any atom is -0.466 e. The van der Waals surface area contributed by atoms with E-state index in [0.717, 1.165) is 11.0 Å². The van der Waals surface area contributed by atoms with Crippen LogP contribution in [0.2, 0.25) is 0 Å². The van der Waals surface area contributed by atoms with E-state index in [4.69, 9.17) is 4.42 Å². The quantitative estimate of drug-likeness (QED) is 0.891. The Morgan fingerprint density at radius 1 is 1.53 bits per heavy atom. The van der Waals surface area contributed by atoms with E-state index in [1.807, 2.05) is 11.4 Å². The van der Waals surface area contributed by atoms with Gasteiger partial charge in [-0.15, -0.1) is 11.3 Å². The highest BCUT2D eigenvalue weighted by molar-refractivity contribution is 9.10. The van der Waals surface area contributed by atoms with E-state index in [9.17, 15) is 5.11 Å². The molecule has 0 saturated carbocycles. The second-order valence-electron chi connectivity index (χ2n) is 4.05. The lowest BCUT2D eigenvalue weighted by atomic mass is 10.0. The number of rotatable bonds is 5. The fourth-order valence-electron chi connectivity index (χ4n) is 1.54. The van der Waals surface area contributed by atoms with Crippen molar-refractivity contribution in [3.8, 4) is 0 Å². The standard InChI is InChI=1S/C12H14BrNO2S/c1-12(15,11-3-2-5-16-11)8-14-7-10-9(13)4-6-17-10/h2-6,14-15H,7-8H2,1H3. The van der Waals surface area contributed by atoms with Crippen LogP contribution in [-0.4, -0.2) is 11.7 Å². The van der Waals surface area contributed by atoms with Crippen LogP contribution in [-0.2, 0) is 12.1 Å². The van der Waals surface area contributed by atoms with E-state index < -0.39 is 5.60 Å². The summed E-state index contributed by atoms with van der Waals surface area (Å²) in [6.45, 7) is 2.92. The molecule has 1 atom stereocenters. The fraction of sp³-hybridized carbons (Fsp3) is 0.333. The van der Waals surface area contributed by atoms with Crippen molar-refractivity contribution in [2.75, 3.05) is 6.54 Å². The van der Waals surface area contributed by atoms with Crippen molar-refractivity contribution >= 4 is 27.3 Å². The van der Waals surface area contributed by atoms with Gasteiger partial charge in [-0.25, -0.2) is 0 Å². The molecule has 0 aliphatic carbocycles. The molecule has 92 valence electrons. The van der Waals surface area contributed by atoms with Crippen LogP contribution in [0.1, 0.15) is 17.6 Å². The third-order valence-electron chi connectivity index (χ3n) is 2.50. The maximum atomic E-state index is 10.2. The third kappa shape index (κ3) is 3.19. The number of thiophene rings is 1. The highest BCUT2D eigenvalue weighted by Crippen LogP contribution is 2.23. The van der Waals surface area contributed by atoms with Crippen LogP contribution in [0.5, 0.6) is 0 Å². The Balaban J connectivity index is 1.88. The van der Waals surface area contributed by atoms with Gasteiger partial charge in [-0.3, -0.25) is 0 Å². The number of halogens is 1. The molecule has 0 aromatic carbocycles. The maximum Gasteiger partial charge on any atom is 0.136 e. The normalized spacial score (nSPS) is 14.8. The lowest BCUT2D eigenvalue weighted by Gasteiger charge is -2.21. The Morgan fingerprint density at radius 3 is 2.94 bits per heavy atom. The predicted molar refractivity (Wildman–Crippen MR) is 72.0 cm³/mol. The lowest BCUT2D eigenvalue weighted by Crippen LogP contribution is -2.34. The summed E-state index contributed by atoms with van der Waals surface area (Å²) in [6, 6.07) is 5.58. The molecule has 0 aliphatic rings. The van der Waals surface area contributed by atoms with Crippen molar-refractivity contribution in [1.29, 1.82) is 0 Å². The van der Waals surface area contributed by atoms with Crippen LogP contribution < -0.4 is 5.32 Å². The molecule has 2 N–H and O–H groups in total. The van der Waals surface area contributed by atoms with Gasteiger partial charge in [0.05, 0.1) is 6.26 Å². The minimum atomic E-state index is -0.979. The van der Waals surface area contributed by atoms with Crippen LogP contribution in [0.15, 0.2) is 38.7 Å². The number of aliphatic hydroxyl groups is 1. The van der Waals surface area contributed by atoms with Gasteiger partial charge in [0.25, 0.3) is 0 Å². The Labute approximate surface area is 113 Å². The average Bonchev–Trinajstić information content (AvgIpc) is 2.90. The van der Waals surface area contributed by atoms with Crippen LogP contribution >= 0.6 is 27.3 Å². The minimum absolute atomic E-state index is 0.449. The molecule has 5 heteroatoms. The summed E-state index contributed by atoms with van der Waals surface area (Å²) in [5, 5.41) is 15.5. The van der Waals surface area contributed by atoms with Gasteiger partial charge in [0.1, 0.15) is 11.4 Å². The molecule has 0 bridgehead atoms. The third-order valence-corrected chi connectivity index (χ3v) is 4.42. The van der Waals surface area contributed by atoms with Gasteiger partial charge in [-0.05, 0) is 46.4 Å². The molecular weight excluding hydrogens is 302 g/mol. The number of furan rings is 1. The van der Waals surface area contributed by atoms with Gasteiger partial charge in [0, 0.05) is 22.4 Å². The van der Waals surface area contributed by atoms with E-state index in [1.165, 1.54) is 4.88 Å². The Hall–Kier alpha value is -0.620. The average molecular weight is 316 g/mol. The van der Waals surface area contributed by atoms with Gasteiger partial charge < -0.3 is 14.8 Å². The van der Waals surface area contributed by atoms with E-state index in [0.29, 0.717) is 12.3 Å². The first-order valence-electron chi connectivity index (χ1n) is 5.28. The van der Waals surface area contributed by atoms with Crippen LogP contribution in [0.25, 0.3) is 0 Å². The van der Waals surface area contributed by atoms with Crippen molar-refractivity contribution < 1.29 is 9.52 Å². The number of hydrogen-bond acceptors (Lipinski definition) is 4. The topological polar surface area (TPSA) is 45.4 Å². The summed E-state index contributed by atoms with van der Waals surface area (Å²) < 4.78 is 6.32. The molecule has 2 aromatic rings. The van der Waals surface area contributed by atoms with Gasteiger partial charge >= 0.3 is 0 Å². The van der Waals surface area contributed by atoms with Gasteiger partial charge in [0.2, 0.25) is 0 Å². The highest BCUT2D eigenvalue weighted by atomic mass is 79.9. The first-order chi connectivity index (χ1) is 8.09. The SMILES string of the molecule is CC(O)(CNCc1sccc1Br)c1ccco1. The van der Waals surface area contributed by atoms with E-state index in [-0.39, 0.29) is 0 Å². The molecule has 17 heavy (non-hydrogen) atoms. The molecule has 2 aromatic heterocycles. The Kier molecular flexibility index (Phi) is 4.04. The second kappa shape index (κ2) is 5.35. The summed E-state index contributed by atoms with van der Waals surface area (Å²) in [5.41, 5.74) is -0.979. The second-order valence-corrected chi connectivity index (χ2v) is 5.90. The van der Waals surface area contributed by atoms with E-state index in [2.05, 4.69) is 21.2 Å². The van der Waals surface area contributed by atoms with Crippen molar-refractivity contribution in [3.05, 3.63) is 45.0 Å². The Morgan fingerprint density at radius 2 is 2.35 bits per heavy atom. The molecule has 0 amide bonds. The zero-order chi connectivity index (χ0) is 12.3. The molecule has 0 saturated heterocycles. The van der Waals surface area contributed by atoms with Gasteiger partial charge in [0.15, 0.2) is 0 Å². The molecule has 1 unspecified atom stereocenters. The monoisotopic (exact) mass is 315 g/mol. The molecule has 3 nitrogen and oxygen atoms in total. The molecule has 2 heterocycles. The zero-order valence-electron chi connectivity index (χ0n) is 9.44. The molecular formula is C12H14BrNO2S. The van der Waals surface area contributed by atoms with Gasteiger partial charge in [-0.1, -0.05) is 0 Å². The van der Waals surface area contributed by atoms with E-state index in [1.54, 1.807) is 36.7 Å². The Bertz CT molecular complexity index is 465. The first kappa shape index (κ1) is 12.8. The van der Waals surface area contributed by atoms with Crippen LogP contribution in [0, 0.1) is 0 Å². The molecule has 0 radical (unpaired) electrons. The lowest BCUT2D eigenvalue weighted by molar-refractivity contribution is 0.0341. The van der Waals surface area contributed by atoms with Crippen molar-refractivity contribution in [2.24, 2.45) is 0 Å². The molecule has 0 spiro atoms. The summed E-state index contributed by atoms with van der Waals surface area (Å²) in [5.74, 6) is 0.579. The highest BCUT2D eigenvalue weighted by Gasteiger charge is 2.25. The van der Waals surface area contributed by atoms with Crippen LogP contribution in [0.3, 0.4) is 0 Å². The summed E-state index contributed by atoms with van der Waals surface area (Å²) in [6.07, 6.45) is 1.57. The zero-order valence-corrected chi connectivity index (χ0v) is 11.8. The summed E-state index contributed by atoms with van der Waals surface area (Å²) in [7, 11) is 0. The van der Waals surface area contributed by atoms with E-state index >= 15 is 0 Å². The molecule has 0 fully saturated rings. The number of hydrogen-bond donors (Lipinski definition) is 2. The van der Waals surface area contributed by atoms with Gasteiger partial charge in [-0.2, -0.15) is 0 Å². The molecule has 0 aliphatic heterocycles. The largest absolute Gasteiger partial charge is 0.466 e. The predicted octanol–water partition coefficient (Wildman–Crippen LogP) is 3.10. The maximum absolute atomic E-state index is 10.2. The smallest absolute Gasteiger partial charge is 0.136 e. The van der Waals surface area contributed by atoms with Crippen molar-refractivity contribution in [3.63, 3.8) is 0 Å². The van der Waals surface area contributed by atoms with Crippen molar-refractivity contribution in [1.82, 2.24) is 5.32 Å². The fourth-order valence-corrected chi connectivity index (χ4v) is 3.00. The van der Waals surface area contributed by atoms with Crippen LogP contribution in [0.4, 0.5) is 0 Å².